The van der Waals surface area contributed by atoms with Crippen molar-refractivity contribution >= 4 is 17.7 Å². The van der Waals surface area contributed by atoms with Gasteiger partial charge in [0.15, 0.2) is 0 Å². The Morgan fingerprint density at radius 3 is 2.75 bits per heavy atom. The maximum Gasteiger partial charge on any atom is 0.248 e. The Bertz CT molecular complexity index is 947. The average Bonchev–Trinajstić information content (AvgIpc) is 3.14. The highest BCUT2D eigenvalue weighted by Crippen LogP contribution is 2.23. The third-order valence-corrected chi connectivity index (χ3v) is 4.12. The van der Waals surface area contributed by atoms with Crippen LogP contribution in [0.25, 0.3) is 17.2 Å². The smallest absolute Gasteiger partial charge is 0.248 e. The molecule has 0 aliphatic carbocycles. The number of pyridine rings is 1. The normalized spacial score (nSPS) is 11.1. The number of aliphatic hydroxyl groups is 1. The molecule has 3 N–H and O–H groups in total. The van der Waals surface area contributed by atoms with Gasteiger partial charge < -0.3 is 15.7 Å². The van der Waals surface area contributed by atoms with E-state index in [9.17, 15) is 4.79 Å². The second-order valence-corrected chi connectivity index (χ2v) is 6.29. The first-order chi connectivity index (χ1) is 13.7. The number of aliphatic hydroxyl groups excluding tert-OH is 1. The van der Waals surface area contributed by atoms with E-state index in [1.165, 1.54) is 6.08 Å². The topological polar surface area (TPSA) is 92.1 Å². The molecule has 1 aromatic carbocycles. The molecular weight excluding hydrogens is 354 g/mol. The SMILES string of the molecule is Cn1cc(-c2ccncc2/C=C/C(=O)Nc2ccc(CNCCO)cc2)cn1. The highest BCUT2D eigenvalue weighted by Gasteiger charge is 2.06. The van der Waals surface area contributed by atoms with Crippen LogP contribution >= 0.6 is 0 Å². The van der Waals surface area contributed by atoms with Crippen LogP contribution in [0.1, 0.15) is 11.1 Å². The lowest BCUT2D eigenvalue weighted by Gasteiger charge is -2.06. The zero-order chi connectivity index (χ0) is 19.8. The number of amides is 1. The minimum atomic E-state index is -0.216. The van der Waals surface area contributed by atoms with Crippen LogP contribution in [0.5, 0.6) is 0 Å². The fraction of sp³-hybridized carbons (Fsp3) is 0.190. The molecule has 28 heavy (non-hydrogen) atoms. The molecule has 3 aromatic rings. The molecule has 2 heterocycles. The van der Waals surface area contributed by atoms with Gasteiger partial charge in [0.2, 0.25) is 5.91 Å². The van der Waals surface area contributed by atoms with Crippen LogP contribution < -0.4 is 10.6 Å². The monoisotopic (exact) mass is 377 g/mol. The third-order valence-electron chi connectivity index (χ3n) is 4.12. The summed E-state index contributed by atoms with van der Waals surface area (Å²) in [7, 11) is 1.86. The first-order valence-corrected chi connectivity index (χ1v) is 8.98. The highest BCUT2D eigenvalue weighted by molar-refractivity contribution is 6.02. The predicted molar refractivity (Wildman–Crippen MR) is 109 cm³/mol. The molecule has 0 saturated heterocycles. The van der Waals surface area contributed by atoms with Crippen molar-refractivity contribution in [3.63, 3.8) is 0 Å². The van der Waals surface area contributed by atoms with E-state index in [1.54, 1.807) is 29.3 Å². The van der Waals surface area contributed by atoms with Gasteiger partial charge >= 0.3 is 0 Å². The molecule has 0 saturated carbocycles. The Kier molecular flexibility index (Phi) is 6.67. The van der Waals surface area contributed by atoms with Crippen molar-refractivity contribution in [3.05, 3.63) is 72.3 Å². The number of hydrogen-bond acceptors (Lipinski definition) is 5. The quantitative estimate of drug-likeness (QED) is 0.414. The van der Waals surface area contributed by atoms with Gasteiger partial charge in [0, 0.05) is 61.6 Å². The lowest BCUT2D eigenvalue weighted by molar-refractivity contribution is -0.111. The molecule has 0 unspecified atom stereocenters. The minimum Gasteiger partial charge on any atom is -0.395 e. The van der Waals surface area contributed by atoms with Crippen LogP contribution in [0.15, 0.2) is 61.2 Å². The van der Waals surface area contributed by atoms with Crippen molar-refractivity contribution in [2.45, 2.75) is 6.54 Å². The van der Waals surface area contributed by atoms with E-state index in [2.05, 4.69) is 20.7 Å². The molecule has 2 aromatic heterocycles. The van der Waals surface area contributed by atoms with Crippen molar-refractivity contribution in [3.8, 4) is 11.1 Å². The maximum atomic E-state index is 12.3. The van der Waals surface area contributed by atoms with Crippen LogP contribution in [0.3, 0.4) is 0 Å². The van der Waals surface area contributed by atoms with Gasteiger partial charge in [-0.05, 0) is 35.4 Å². The summed E-state index contributed by atoms with van der Waals surface area (Å²) in [4.78, 5) is 16.4. The zero-order valence-electron chi connectivity index (χ0n) is 15.7. The number of rotatable bonds is 8. The van der Waals surface area contributed by atoms with E-state index in [-0.39, 0.29) is 12.5 Å². The predicted octanol–water partition coefficient (Wildman–Crippen LogP) is 2.22. The number of anilines is 1. The number of carbonyl (C=O) groups is 1. The second-order valence-electron chi connectivity index (χ2n) is 6.29. The van der Waals surface area contributed by atoms with Gasteiger partial charge in [0.05, 0.1) is 12.8 Å². The summed E-state index contributed by atoms with van der Waals surface area (Å²) in [5, 5.41) is 18.9. The first-order valence-electron chi connectivity index (χ1n) is 8.98. The van der Waals surface area contributed by atoms with Gasteiger partial charge in [-0.3, -0.25) is 14.5 Å². The lowest BCUT2D eigenvalue weighted by atomic mass is 10.0. The number of hydrogen-bond donors (Lipinski definition) is 3. The molecule has 3 rings (SSSR count). The summed E-state index contributed by atoms with van der Waals surface area (Å²) in [5.41, 5.74) is 4.58. The second kappa shape index (κ2) is 9.59. The van der Waals surface area contributed by atoms with Crippen LogP contribution in [0, 0.1) is 0 Å². The fourth-order valence-corrected chi connectivity index (χ4v) is 2.73. The molecule has 7 nitrogen and oxygen atoms in total. The van der Waals surface area contributed by atoms with Gasteiger partial charge in [0.1, 0.15) is 0 Å². The Morgan fingerprint density at radius 2 is 2.04 bits per heavy atom. The van der Waals surface area contributed by atoms with Gasteiger partial charge in [-0.25, -0.2) is 0 Å². The van der Waals surface area contributed by atoms with Crippen molar-refractivity contribution in [2.75, 3.05) is 18.5 Å². The first kappa shape index (κ1) is 19.5. The number of carbonyl (C=O) groups excluding carboxylic acids is 1. The van der Waals surface area contributed by atoms with Crippen molar-refractivity contribution in [2.24, 2.45) is 7.05 Å². The average molecular weight is 377 g/mol. The summed E-state index contributed by atoms with van der Waals surface area (Å²) in [6, 6.07) is 9.48. The standard InChI is InChI=1S/C21H23N5O2/c1-26-15-18(14-24-26)20-8-9-22-13-17(20)4-7-21(28)25-19-5-2-16(3-6-19)12-23-10-11-27/h2-9,13-15,23,27H,10-12H2,1H3,(H,25,28)/b7-4+. The molecule has 0 aliphatic rings. The zero-order valence-corrected chi connectivity index (χ0v) is 15.7. The molecule has 144 valence electrons. The summed E-state index contributed by atoms with van der Waals surface area (Å²) < 4.78 is 1.74. The third kappa shape index (κ3) is 5.35. The van der Waals surface area contributed by atoms with E-state index >= 15 is 0 Å². The van der Waals surface area contributed by atoms with Gasteiger partial charge in [-0.1, -0.05) is 12.1 Å². The van der Waals surface area contributed by atoms with Crippen LogP contribution in [0.4, 0.5) is 5.69 Å². The molecule has 7 heteroatoms. The van der Waals surface area contributed by atoms with Crippen LogP contribution in [-0.2, 0) is 18.4 Å². The molecule has 0 bridgehead atoms. The Labute approximate surface area is 163 Å². The van der Waals surface area contributed by atoms with Gasteiger partial charge in [0.25, 0.3) is 0 Å². The molecule has 0 radical (unpaired) electrons. The molecule has 0 fully saturated rings. The number of nitrogens with zero attached hydrogens (tertiary/aromatic N) is 3. The van der Waals surface area contributed by atoms with E-state index in [0.29, 0.717) is 13.1 Å². The van der Waals surface area contributed by atoms with E-state index in [4.69, 9.17) is 5.11 Å². The molecule has 0 aliphatic heterocycles. The molecule has 1 amide bonds. The Morgan fingerprint density at radius 1 is 1.21 bits per heavy atom. The van der Waals surface area contributed by atoms with E-state index in [0.717, 1.165) is 27.9 Å². The van der Waals surface area contributed by atoms with Gasteiger partial charge in [-0.15, -0.1) is 0 Å². The Balaban J connectivity index is 1.63. The van der Waals surface area contributed by atoms with E-state index < -0.39 is 0 Å². The number of nitrogens with one attached hydrogen (secondary N) is 2. The van der Waals surface area contributed by atoms with Crippen molar-refractivity contribution in [1.82, 2.24) is 20.1 Å². The van der Waals surface area contributed by atoms with Crippen LogP contribution in [-0.4, -0.2) is 38.9 Å². The number of benzene rings is 1. The number of aryl methyl sites for hydroxylation is 1. The van der Waals surface area contributed by atoms with E-state index in [1.807, 2.05) is 43.6 Å². The molecule has 0 atom stereocenters. The minimum absolute atomic E-state index is 0.111. The molecule has 0 spiro atoms. The summed E-state index contributed by atoms with van der Waals surface area (Å²) in [6.45, 7) is 1.34. The summed E-state index contributed by atoms with van der Waals surface area (Å²) in [6.07, 6.45) is 10.4. The number of aromatic nitrogens is 3. The largest absolute Gasteiger partial charge is 0.395 e. The maximum absolute atomic E-state index is 12.3. The lowest BCUT2D eigenvalue weighted by Crippen LogP contribution is -2.17. The van der Waals surface area contributed by atoms with Crippen LogP contribution in [0.2, 0.25) is 0 Å². The summed E-state index contributed by atoms with van der Waals surface area (Å²) >= 11 is 0. The van der Waals surface area contributed by atoms with Gasteiger partial charge in [-0.2, -0.15) is 5.10 Å². The highest BCUT2D eigenvalue weighted by atomic mass is 16.3. The molecular formula is C21H23N5O2. The summed E-state index contributed by atoms with van der Waals surface area (Å²) in [5.74, 6) is -0.216. The Hall–Kier alpha value is -3.29. The fourth-order valence-electron chi connectivity index (χ4n) is 2.73. The van der Waals surface area contributed by atoms with Crippen molar-refractivity contribution < 1.29 is 9.90 Å². The van der Waals surface area contributed by atoms with Crippen molar-refractivity contribution in [1.29, 1.82) is 0 Å².